The van der Waals surface area contributed by atoms with Crippen molar-refractivity contribution >= 4 is 28.5 Å². The molecule has 0 bridgehead atoms. The number of fused-ring (bicyclic) bond motifs is 1. The van der Waals surface area contributed by atoms with Crippen LogP contribution in [0, 0.1) is 12.7 Å². The summed E-state index contributed by atoms with van der Waals surface area (Å²) in [6.07, 6.45) is 0. The lowest BCUT2D eigenvalue weighted by Gasteiger charge is -2.08. The van der Waals surface area contributed by atoms with Crippen molar-refractivity contribution in [1.29, 1.82) is 0 Å². The van der Waals surface area contributed by atoms with Crippen LogP contribution >= 0.6 is 11.6 Å². The summed E-state index contributed by atoms with van der Waals surface area (Å²) in [6.45, 7) is 1.02. The minimum Gasteiger partial charge on any atom is -0.459 e. The van der Waals surface area contributed by atoms with Crippen LogP contribution in [0.2, 0.25) is 5.02 Å². The average molecular weight is 445 g/mol. The van der Waals surface area contributed by atoms with Crippen LogP contribution in [0.3, 0.4) is 0 Å². The zero-order valence-electron chi connectivity index (χ0n) is 16.1. The molecule has 0 amide bonds. The zero-order valence-corrected chi connectivity index (χ0v) is 16.8. The van der Waals surface area contributed by atoms with Crippen molar-refractivity contribution in [3.05, 3.63) is 85.4 Å². The number of benzene rings is 2. The molecule has 0 aliphatic carbocycles. The molecule has 2 aromatic heterocycles. The van der Waals surface area contributed by atoms with E-state index in [0.29, 0.717) is 27.1 Å². The first kappa shape index (κ1) is 20.5. The quantitative estimate of drug-likeness (QED) is 0.343. The van der Waals surface area contributed by atoms with Crippen molar-refractivity contribution in [3.63, 3.8) is 0 Å². The number of hydrogen-bond acceptors (Lipinski definition) is 7. The number of nitrogens with zero attached hydrogens (tertiary/aromatic N) is 2. The van der Waals surface area contributed by atoms with Crippen LogP contribution in [0.15, 0.2) is 60.9 Å². The molecule has 0 unspecified atom stereocenters. The lowest BCUT2D eigenvalue weighted by molar-refractivity contribution is -0.146. The standard InChI is InChI=1S/C21H14ClFN2O6/c1-11-6-17-15(8-16(11)22)13(7-18(26)30-17)10-29-19(27)9-25-21(28)31-20(24-25)12-2-4-14(23)5-3-12/h2-8H,9-10H2,1H3. The second kappa shape index (κ2) is 8.19. The monoisotopic (exact) mass is 444 g/mol. The highest BCUT2D eigenvalue weighted by Gasteiger charge is 2.16. The van der Waals surface area contributed by atoms with E-state index >= 15 is 0 Å². The number of hydrogen-bond donors (Lipinski definition) is 0. The van der Waals surface area contributed by atoms with Gasteiger partial charge in [-0.25, -0.2) is 14.0 Å². The molecule has 0 atom stereocenters. The highest BCUT2D eigenvalue weighted by molar-refractivity contribution is 6.32. The first-order valence-electron chi connectivity index (χ1n) is 9.02. The van der Waals surface area contributed by atoms with E-state index in [1.54, 1.807) is 19.1 Å². The van der Waals surface area contributed by atoms with Crippen molar-refractivity contribution in [3.8, 4) is 11.5 Å². The van der Waals surface area contributed by atoms with Gasteiger partial charge in [-0.1, -0.05) is 11.6 Å². The minimum absolute atomic E-state index is 0.0607. The molecule has 0 radical (unpaired) electrons. The summed E-state index contributed by atoms with van der Waals surface area (Å²) in [6, 6.07) is 9.61. The molecule has 158 valence electrons. The smallest absolute Gasteiger partial charge is 0.437 e. The summed E-state index contributed by atoms with van der Waals surface area (Å²) in [5, 5.41) is 4.92. The van der Waals surface area contributed by atoms with Gasteiger partial charge in [0.25, 0.3) is 0 Å². The van der Waals surface area contributed by atoms with Gasteiger partial charge in [0.15, 0.2) is 0 Å². The minimum atomic E-state index is -0.871. The predicted octanol–water partition coefficient (Wildman–Crippen LogP) is 3.45. The maximum atomic E-state index is 13.0. The van der Waals surface area contributed by atoms with E-state index in [-0.39, 0.29) is 12.5 Å². The second-order valence-corrected chi connectivity index (χ2v) is 7.09. The predicted molar refractivity (Wildman–Crippen MR) is 108 cm³/mol. The Labute approximate surface area is 178 Å². The third-order valence-corrected chi connectivity index (χ3v) is 4.88. The Morgan fingerprint density at radius 2 is 1.90 bits per heavy atom. The number of carbonyl (C=O) groups excluding carboxylic acids is 1. The summed E-state index contributed by atoms with van der Waals surface area (Å²) in [7, 11) is 0. The summed E-state index contributed by atoms with van der Waals surface area (Å²) in [4.78, 5) is 36.0. The molecule has 10 heteroatoms. The van der Waals surface area contributed by atoms with Crippen LogP contribution in [0.25, 0.3) is 22.4 Å². The van der Waals surface area contributed by atoms with Crippen LogP contribution in [-0.2, 0) is 22.7 Å². The highest BCUT2D eigenvalue weighted by atomic mass is 35.5. The summed E-state index contributed by atoms with van der Waals surface area (Å²) >= 11 is 6.14. The van der Waals surface area contributed by atoms with Crippen LogP contribution in [0.1, 0.15) is 11.1 Å². The molecule has 8 nitrogen and oxygen atoms in total. The number of halogens is 2. The molecule has 4 aromatic rings. The SMILES string of the molecule is Cc1cc2oc(=O)cc(COC(=O)Cn3nc(-c4ccc(F)cc4)oc3=O)c2cc1Cl. The van der Waals surface area contributed by atoms with E-state index in [9.17, 15) is 18.8 Å². The van der Waals surface area contributed by atoms with Gasteiger partial charge in [-0.2, -0.15) is 4.68 Å². The Morgan fingerprint density at radius 1 is 1.16 bits per heavy atom. The molecular formula is C21H14ClFN2O6. The van der Waals surface area contributed by atoms with Crippen molar-refractivity contribution in [2.45, 2.75) is 20.1 Å². The van der Waals surface area contributed by atoms with Gasteiger partial charge >= 0.3 is 17.4 Å². The third kappa shape index (κ3) is 4.41. The first-order valence-corrected chi connectivity index (χ1v) is 9.40. The van der Waals surface area contributed by atoms with E-state index in [1.807, 2.05) is 0 Å². The van der Waals surface area contributed by atoms with E-state index in [1.165, 1.54) is 30.3 Å². The highest BCUT2D eigenvalue weighted by Crippen LogP contribution is 2.25. The Balaban J connectivity index is 1.50. The number of ether oxygens (including phenoxy) is 1. The molecule has 4 rings (SSSR count). The van der Waals surface area contributed by atoms with Crippen LogP contribution in [0.4, 0.5) is 4.39 Å². The molecule has 0 saturated carbocycles. The van der Waals surface area contributed by atoms with Gasteiger partial charge in [0.2, 0.25) is 5.89 Å². The number of esters is 1. The maximum absolute atomic E-state index is 13.0. The number of aryl methyl sites for hydroxylation is 1. The fraction of sp³-hybridized carbons (Fsp3) is 0.143. The Hall–Kier alpha value is -3.72. The van der Waals surface area contributed by atoms with Crippen LogP contribution < -0.4 is 11.4 Å². The molecule has 0 aliphatic heterocycles. The van der Waals surface area contributed by atoms with Gasteiger partial charge in [-0.05, 0) is 48.9 Å². The zero-order chi connectivity index (χ0) is 22.1. The molecule has 2 heterocycles. The van der Waals surface area contributed by atoms with Gasteiger partial charge < -0.3 is 13.6 Å². The van der Waals surface area contributed by atoms with Crippen LogP contribution in [-0.4, -0.2) is 15.7 Å². The number of rotatable bonds is 5. The van der Waals surface area contributed by atoms with Gasteiger partial charge in [-0.3, -0.25) is 4.79 Å². The number of aromatic nitrogens is 2. The number of carbonyl (C=O) groups is 1. The molecule has 0 saturated heterocycles. The Kier molecular flexibility index (Phi) is 5.43. The van der Waals surface area contributed by atoms with Gasteiger partial charge in [-0.15, -0.1) is 5.10 Å². The molecule has 0 spiro atoms. The van der Waals surface area contributed by atoms with E-state index in [2.05, 4.69) is 5.10 Å². The first-order chi connectivity index (χ1) is 14.8. The van der Waals surface area contributed by atoms with Crippen molar-refractivity contribution in [2.75, 3.05) is 0 Å². The van der Waals surface area contributed by atoms with E-state index < -0.39 is 29.7 Å². The normalized spacial score (nSPS) is 11.1. The molecule has 0 N–H and O–H groups in total. The Morgan fingerprint density at radius 3 is 2.65 bits per heavy atom. The molecule has 0 aliphatic rings. The van der Waals surface area contributed by atoms with Crippen LogP contribution in [0.5, 0.6) is 0 Å². The van der Waals surface area contributed by atoms with Gasteiger partial charge in [0.1, 0.15) is 24.6 Å². The molecular weight excluding hydrogens is 431 g/mol. The third-order valence-electron chi connectivity index (χ3n) is 4.47. The fourth-order valence-electron chi connectivity index (χ4n) is 2.91. The summed E-state index contributed by atoms with van der Waals surface area (Å²) in [5.41, 5.74) is 1.23. The summed E-state index contributed by atoms with van der Waals surface area (Å²) < 4.78 is 29.2. The van der Waals surface area contributed by atoms with E-state index in [0.717, 1.165) is 10.2 Å². The van der Waals surface area contributed by atoms with Crippen molar-refractivity contribution in [2.24, 2.45) is 0 Å². The molecule has 31 heavy (non-hydrogen) atoms. The van der Waals surface area contributed by atoms with Gasteiger partial charge in [0.05, 0.1) is 0 Å². The van der Waals surface area contributed by atoms with Crippen molar-refractivity contribution in [1.82, 2.24) is 9.78 Å². The fourth-order valence-corrected chi connectivity index (χ4v) is 3.07. The maximum Gasteiger partial charge on any atom is 0.437 e. The largest absolute Gasteiger partial charge is 0.459 e. The van der Waals surface area contributed by atoms with E-state index in [4.69, 9.17) is 25.2 Å². The lowest BCUT2D eigenvalue weighted by Crippen LogP contribution is -2.23. The van der Waals surface area contributed by atoms with Gasteiger partial charge in [0, 0.05) is 27.6 Å². The second-order valence-electron chi connectivity index (χ2n) is 6.69. The Bertz CT molecular complexity index is 1400. The summed E-state index contributed by atoms with van der Waals surface area (Å²) in [5.74, 6) is -2.16. The van der Waals surface area contributed by atoms with Crippen molar-refractivity contribution < 1.29 is 22.8 Å². The molecule has 2 aromatic carbocycles. The lowest BCUT2D eigenvalue weighted by atomic mass is 10.1. The molecule has 0 fully saturated rings. The topological polar surface area (TPSA) is 105 Å². The average Bonchev–Trinajstić information content (AvgIpc) is 3.08.